The molecule has 0 N–H and O–H groups in total. The Kier molecular flexibility index (Phi) is 5.38. The summed E-state index contributed by atoms with van der Waals surface area (Å²) in [5.41, 5.74) is 0.850. The average Bonchev–Trinajstić information content (AvgIpc) is 2.91. The van der Waals surface area contributed by atoms with E-state index in [9.17, 15) is 8.42 Å². The lowest BCUT2D eigenvalue weighted by Crippen LogP contribution is -2.42. The summed E-state index contributed by atoms with van der Waals surface area (Å²) in [6, 6.07) is 1.81. The first-order valence-corrected chi connectivity index (χ1v) is 9.62. The topological polar surface area (TPSA) is 42.3 Å². The lowest BCUT2D eigenvalue weighted by molar-refractivity contribution is 0.213. The highest BCUT2D eigenvalue weighted by molar-refractivity contribution is 7.89. The fraction of sp³-hybridized carbons (Fsp3) is 0.733. The maximum absolute atomic E-state index is 12.8. The van der Waals surface area contributed by atoms with Crippen LogP contribution < -0.4 is 0 Å². The number of halogens is 1. The van der Waals surface area contributed by atoms with Crippen LogP contribution in [0.4, 0.5) is 0 Å². The Bertz CT molecular complexity index is 561. The first-order chi connectivity index (χ1) is 9.91. The molecule has 1 aliphatic carbocycles. The average molecular weight is 333 g/mol. The number of nitrogens with zero attached hydrogens (tertiary/aromatic N) is 2. The fourth-order valence-electron chi connectivity index (χ4n) is 3.25. The van der Waals surface area contributed by atoms with Gasteiger partial charge in [0.25, 0.3) is 0 Å². The molecule has 1 aromatic heterocycles. The van der Waals surface area contributed by atoms with Gasteiger partial charge >= 0.3 is 0 Å². The van der Waals surface area contributed by atoms with Crippen LogP contribution in [0.2, 0.25) is 0 Å². The molecule has 2 unspecified atom stereocenters. The summed E-state index contributed by atoms with van der Waals surface area (Å²) < 4.78 is 29.2. The van der Waals surface area contributed by atoms with Crippen molar-refractivity contribution >= 4 is 21.6 Å². The molecule has 120 valence electrons. The predicted octanol–water partition coefficient (Wildman–Crippen LogP) is 3.45. The van der Waals surface area contributed by atoms with Crippen molar-refractivity contribution in [1.29, 1.82) is 0 Å². The molecule has 1 heterocycles. The number of aromatic nitrogens is 1. The van der Waals surface area contributed by atoms with Crippen molar-refractivity contribution in [2.75, 3.05) is 7.05 Å². The summed E-state index contributed by atoms with van der Waals surface area (Å²) in [6.07, 6.45) is 6.07. The molecule has 0 aliphatic heterocycles. The van der Waals surface area contributed by atoms with E-state index in [4.69, 9.17) is 11.6 Å². The second-order valence-electron chi connectivity index (χ2n) is 5.94. The zero-order chi connectivity index (χ0) is 15.6. The number of hydrogen-bond acceptors (Lipinski definition) is 2. The third-order valence-electron chi connectivity index (χ3n) is 4.65. The van der Waals surface area contributed by atoms with Crippen molar-refractivity contribution in [3.8, 4) is 0 Å². The smallest absolute Gasteiger partial charge is 0.244 e. The number of rotatable bonds is 5. The van der Waals surface area contributed by atoms with Gasteiger partial charge in [-0.1, -0.05) is 19.8 Å². The predicted molar refractivity (Wildman–Crippen MR) is 86.0 cm³/mol. The van der Waals surface area contributed by atoms with Gasteiger partial charge < -0.3 is 4.57 Å². The zero-order valence-corrected chi connectivity index (χ0v) is 14.6. The van der Waals surface area contributed by atoms with E-state index in [1.807, 2.05) is 11.5 Å². The maximum Gasteiger partial charge on any atom is 0.244 e. The lowest BCUT2D eigenvalue weighted by Gasteiger charge is -2.35. The van der Waals surface area contributed by atoms with Crippen LogP contribution in [-0.2, 0) is 22.4 Å². The molecular formula is C15H25ClN2O2S. The Balaban J connectivity index is 2.30. The van der Waals surface area contributed by atoms with Crippen LogP contribution in [0.1, 0.15) is 45.2 Å². The van der Waals surface area contributed by atoms with E-state index in [0.717, 1.165) is 31.5 Å². The number of aryl methyl sites for hydroxylation is 1. The Morgan fingerprint density at radius 3 is 2.57 bits per heavy atom. The maximum atomic E-state index is 12.8. The molecule has 0 radical (unpaired) electrons. The summed E-state index contributed by atoms with van der Waals surface area (Å²) in [4.78, 5) is 0.361. The second kappa shape index (κ2) is 6.71. The standard InChI is InChI=1S/C15H25ClN2O2S/c1-4-18-11-14(9-13(18)10-16)21(19,20)17(3)15-8-6-5-7-12(15)2/h9,11-12,15H,4-8,10H2,1-3H3. The van der Waals surface area contributed by atoms with E-state index in [-0.39, 0.29) is 6.04 Å². The van der Waals surface area contributed by atoms with Gasteiger partial charge in [-0.3, -0.25) is 0 Å². The van der Waals surface area contributed by atoms with Crippen LogP contribution in [0.3, 0.4) is 0 Å². The number of alkyl halides is 1. The van der Waals surface area contributed by atoms with Crippen molar-refractivity contribution in [1.82, 2.24) is 8.87 Å². The molecule has 1 fully saturated rings. The minimum Gasteiger partial charge on any atom is -0.349 e. The molecule has 0 saturated heterocycles. The van der Waals surface area contributed by atoms with Gasteiger partial charge in [0.05, 0.1) is 5.88 Å². The lowest BCUT2D eigenvalue weighted by atomic mass is 9.86. The van der Waals surface area contributed by atoms with Gasteiger partial charge in [0, 0.05) is 31.5 Å². The van der Waals surface area contributed by atoms with E-state index in [1.54, 1.807) is 23.6 Å². The van der Waals surface area contributed by atoms with Gasteiger partial charge in [-0.2, -0.15) is 4.31 Å². The fourth-order valence-corrected chi connectivity index (χ4v) is 5.03. The van der Waals surface area contributed by atoms with Crippen LogP contribution in [0.15, 0.2) is 17.2 Å². The molecule has 21 heavy (non-hydrogen) atoms. The van der Waals surface area contributed by atoms with Crippen LogP contribution in [-0.4, -0.2) is 30.4 Å². The van der Waals surface area contributed by atoms with E-state index in [2.05, 4.69) is 6.92 Å². The SMILES string of the molecule is CCn1cc(S(=O)(=O)N(C)C2CCCCC2C)cc1CCl. The molecule has 1 aliphatic rings. The molecule has 2 rings (SSSR count). The van der Waals surface area contributed by atoms with Gasteiger partial charge in [-0.05, 0) is 31.7 Å². The Hall–Kier alpha value is -0.520. The summed E-state index contributed by atoms with van der Waals surface area (Å²) in [7, 11) is -1.73. The van der Waals surface area contributed by atoms with Crippen molar-refractivity contribution in [2.24, 2.45) is 5.92 Å². The Morgan fingerprint density at radius 2 is 2.05 bits per heavy atom. The number of sulfonamides is 1. The molecule has 1 aromatic rings. The quantitative estimate of drug-likeness (QED) is 0.775. The van der Waals surface area contributed by atoms with E-state index in [1.165, 1.54) is 6.42 Å². The highest BCUT2D eigenvalue weighted by Crippen LogP contribution is 2.31. The van der Waals surface area contributed by atoms with Crippen molar-refractivity contribution in [3.05, 3.63) is 18.0 Å². The van der Waals surface area contributed by atoms with Crippen molar-refractivity contribution < 1.29 is 8.42 Å². The minimum atomic E-state index is -3.44. The first kappa shape index (κ1) is 16.8. The molecular weight excluding hydrogens is 308 g/mol. The van der Waals surface area contributed by atoms with Crippen molar-refractivity contribution in [3.63, 3.8) is 0 Å². The van der Waals surface area contributed by atoms with Gasteiger partial charge in [0.1, 0.15) is 4.90 Å². The summed E-state index contributed by atoms with van der Waals surface area (Å²) in [5.74, 6) is 0.742. The van der Waals surface area contributed by atoms with Gasteiger partial charge in [0.15, 0.2) is 0 Å². The summed E-state index contributed by atoms with van der Waals surface area (Å²) >= 11 is 5.90. The molecule has 6 heteroatoms. The van der Waals surface area contributed by atoms with Gasteiger partial charge in [0.2, 0.25) is 10.0 Å². The highest BCUT2D eigenvalue weighted by atomic mass is 35.5. The van der Waals surface area contributed by atoms with E-state index >= 15 is 0 Å². The third kappa shape index (κ3) is 3.30. The molecule has 4 nitrogen and oxygen atoms in total. The van der Waals surface area contributed by atoms with Crippen LogP contribution in [0.5, 0.6) is 0 Å². The van der Waals surface area contributed by atoms with E-state index in [0.29, 0.717) is 16.7 Å². The van der Waals surface area contributed by atoms with Crippen molar-refractivity contribution in [2.45, 2.75) is 62.9 Å². The highest BCUT2D eigenvalue weighted by Gasteiger charge is 2.33. The molecule has 0 aromatic carbocycles. The number of hydrogen-bond donors (Lipinski definition) is 0. The van der Waals surface area contributed by atoms with Gasteiger partial charge in [-0.25, -0.2) is 8.42 Å². The third-order valence-corrected chi connectivity index (χ3v) is 6.77. The van der Waals surface area contributed by atoms with Crippen LogP contribution in [0, 0.1) is 5.92 Å². The Morgan fingerprint density at radius 1 is 1.38 bits per heavy atom. The molecule has 0 amide bonds. The molecule has 0 bridgehead atoms. The van der Waals surface area contributed by atoms with Crippen LogP contribution >= 0.6 is 11.6 Å². The normalized spacial score (nSPS) is 23.7. The molecule has 2 atom stereocenters. The first-order valence-electron chi connectivity index (χ1n) is 7.64. The molecule has 1 saturated carbocycles. The monoisotopic (exact) mass is 332 g/mol. The summed E-state index contributed by atoms with van der Waals surface area (Å²) in [5, 5.41) is 0. The molecule has 0 spiro atoms. The summed E-state index contributed by atoms with van der Waals surface area (Å²) in [6.45, 7) is 4.86. The largest absolute Gasteiger partial charge is 0.349 e. The van der Waals surface area contributed by atoms with Gasteiger partial charge in [-0.15, -0.1) is 11.6 Å². The van der Waals surface area contributed by atoms with E-state index < -0.39 is 10.0 Å². The Labute approximate surface area is 133 Å². The zero-order valence-electron chi connectivity index (χ0n) is 13.0. The second-order valence-corrected chi connectivity index (χ2v) is 8.20. The minimum absolute atomic E-state index is 0.105. The van der Waals surface area contributed by atoms with Crippen LogP contribution in [0.25, 0.3) is 0 Å².